The van der Waals surface area contributed by atoms with Crippen LogP contribution in [-0.2, 0) is 7.05 Å². The van der Waals surface area contributed by atoms with Gasteiger partial charge in [-0.25, -0.2) is 0 Å². The van der Waals surface area contributed by atoms with Gasteiger partial charge < -0.3 is 16.0 Å². The number of nitrogens with two attached hydrogens (primary N) is 1. The minimum atomic E-state index is 0.0179. The van der Waals surface area contributed by atoms with Gasteiger partial charge in [-0.2, -0.15) is 5.10 Å². The van der Waals surface area contributed by atoms with E-state index < -0.39 is 0 Å². The molecule has 2 aliphatic heterocycles. The molecule has 1 spiro atoms. The first-order chi connectivity index (χ1) is 8.61. The molecule has 0 aromatic carbocycles. The fourth-order valence-corrected chi connectivity index (χ4v) is 3.03. The number of aromatic nitrogens is 2. The van der Waals surface area contributed by atoms with Crippen LogP contribution in [0.15, 0.2) is 6.20 Å². The Balaban J connectivity index is 1.76. The monoisotopic (exact) mass is 249 g/mol. The summed E-state index contributed by atoms with van der Waals surface area (Å²) in [5.41, 5.74) is 6.68. The largest absolute Gasteiger partial charge is 0.383 e. The third-order valence-electron chi connectivity index (χ3n) is 4.27. The second kappa shape index (κ2) is 3.98. The maximum atomic E-state index is 12.4. The van der Waals surface area contributed by atoms with Crippen molar-refractivity contribution >= 4 is 11.7 Å². The molecule has 2 aliphatic rings. The topological polar surface area (TPSA) is 76.2 Å². The standard InChI is InChI=1S/C12H19N5O/c1-16-10(13)9(6-15-16)11(18)17-5-3-12(8-17)2-4-14-7-12/h6,14H,2-5,7-8,13H2,1H3. The van der Waals surface area contributed by atoms with Gasteiger partial charge in [-0.05, 0) is 19.4 Å². The highest BCUT2D eigenvalue weighted by Gasteiger charge is 2.42. The van der Waals surface area contributed by atoms with Gasteiger partial charge >= 0.3 is 0 Å². The Labute approximate surface area is 106 Å². The fourth-order valence-electron chi connectivity index (χ4n) is 3.03. The molecule has 1 atom stereocenters. The van der Waals surface area contributed by atoms with Crippen molar-refractivity contribution in [3.05, 3.63) is 11.8 Å². The molecule has 0 bridgehead atoms. The smallest absolute Gasteiger partial charge is 0.259 e. The number of hydrogen-bond donors (Lipinski definition) is 2. The first-order valence-corrected chi connectivity index (χ1v) is 6.39. The number of aryl methyl sites for hydroxylation is 1. The number of carbonyl (C=O) groups excluding carboxylic acids is 1. The number of hydrogen-bond acceptors (Lipinski definition) is 4. The van der Waals surface area contributed by atoms with Gasteiger partial charge in [-0.15, -0.1) is 0 Å². The second-order valence-corrected chi connectivity index (χ2v) is 5.47. The van der Waals surface area contributed by atoms with Gasteiger partial charge in [0, 0.05) is 32.1 Å². The van der Waals surface area contributed by atoms with Gasteiger partial charge in [0.2, 0.25) is 0 Å². The molecule has 0 saturated carbocycles. The summed E-state index contributed by atoms with van der Waals surface area (Å²) in [6.45, 7) is 3.76. The summed E-state index contributed by atoms with van der Waals surface area (Å²) in [5.74, 6) is 0.467. The van der Waals surface area contributed by atoms with Crippen molar-refractivity contribution in [1.29, 1.82) is 0 Å². The number of amides is 1. The van der Waals surface area contributed by atoms with Crippen molar-refractivity contribution in [2.24, 2.45) is 12.5 Å². The molecule has 2 fully saturated rings. The lowest BCUT2D eigenvalue weighted by Gasteiger charge is -2.22. The van der Waals surface area contributed by atoms with Crippen LogP contribution >= 0.6 is 0 Å². The maximum absolute atomic E-state index is 12.4. The summed E-state index contributed by atoms with van der Waals surface area (Å²) < 4.78 is 1.54. The summed E-state index contributed by atoms with van der Waals surface area (Å²) in [6.07, 6.45) is 3.82. The zero-order chi connectivity index (χ0) is 12.8. The van der Waals surface area contributed by atoms with Crippen molar-refractivity contribution in [2.45, 2.75) is 12.8 Å². The Morgan fingerprint density at radius 2 is 2.39 bits per heavy atom. The number of anilines is 1. The van der Waals surface area contributed by atoms with E-state index in [4.69, 9.17) is 5.73 Å². The lowest BCUT2D eigenvalue weighted by molar-refractivity contribution is 0.0776. The lowest BCUT2D eigenvalue weighted by Crippen LogP contribution is -2.33. The van der Waals surface area contributed by atoms with Crippen LogP contribution in [0.25, 0.3) is 0 Å². The highest BCUT2D eigenvalue weighted by Crippen LogP contribution is 2.36. The van der Waals surface area contributed by atoms with E-state index in [9.17, 15) is 4.79 Å². The molecular formula is C12H19N5O. The molecule has 1 amide bonds. The average molecular weight is 249 g/mol. The van der Waals surface area contributed by atoms with Crippen molar-refractivity contribution in [3.8, 4) is 0 Å². The van der Waals surface area contributed by atoms with Crippen LogP contribution in [0.3, 0.4) is 0 Å². The predicted octanol–water partition coefficient (Wildman–Crippen LogP) is -0.172. The van der Waals surface area contributed by atoms with Crippen LogP contribution in [0, 0.1) is 5.41 Å². The molecule has 6 heteroatoms. The van der Waals surface area contributed by atoms with Crippen molar-refractivity contribution in [3.63, 3.8) is 0 Å². The number of nitrogen functional groups attached to an aromatic ring is 1. The zero-order valence-corrected chi connectivity index (χ0v) is 10.6. The molecule has 3 heterocycles. The number of nitrogens with zero attached hydrogens (tertiary/aromatic N) is 3. The SMILES string of the molecule is Cn1ncc(C(=O)N2CCC3(CCNC3)C2)c1N. The summed E-state index contributed by atoms with van der Waals surface area (Å²) in [4.78, 5) is 14.3. The predicted molar refractivity (Wildman–Crippen MR) is 68.1 cm³/mol. The summed E-state index contributed by atoms with van der Waals surface area (Å²) >= 11 is 0. The van der Waals surface area contributed by atoms with Crippen molar-refractivity contribution in [1.82, 2.24) is 20.0 Å². The number of likely N-dealkylation sites (tertiary alicyclic amines) is 1. The summed E-state index contributed by atoms with van der Waals surface area (Å²) in [5, 5.41) is 7.42. The Morgan fingerprint density at radius 1 is 1.56 bits per heavy atom. The molecule has 1 aromatic heterocycles. The van der Waals surface area contributed by atoms with Gasteiger partial charge in [0.15, 0.2) is 0 Å². The van der Waals surface area contributed by atoms with Crippen LogP contribution in [0.2, 0.25) is 0 Å². The van der Waals surface area contributed by atoms with Gasteiger partial charge in [-0.1, -0.05) is 0 Å². The first kappa shape index (κ1) is 11.5. The minimum absolute atomic E-state index is 0.0179. The molecule has 0 radical (unpaired) electrons. The molecule has 1 unspecified atom stereocenters. The lowest BCUT2D eigenvalue weighted by atomic mass is 9.86. The molecule has 6 nitrogen and oxygen atoms in total. The minimum Gasteiger partial charge on any atom is -0.383 e. The number of rotatable bonds is 1. The Bertz CT molecular complexity index is 475. The first-order valence-electron chi connectivity index (χ1n) is 6.39. The van der Waals surface area contributed by atoms with Crippen LogP contribution in [-0.4, -0.2) is 46.8 Å². The van der Waals surface area contributed by atoms with E-state index >= 15 is 0 Å². The van der Waals surface area contributed by atoms with Crippen molar-refractivity contribution in [2.75, 3.05) is 31.9 Å². The average Bonchev–Trinajstić information content (AvgIpc) is 3.05. The molecule has 18 heavy (non-hydrogen) atoms. The van der Waals surface area contributed by atoms with Gasteiger partial charge in [0.25, 0.3) is 5.91 Å². The molecule has 0 aliphatic carbocycles. The highest BCUT2D eigenvalue weighted by molar-refractivity contribution is 5.98. The second-order valence-electron chi connectivity index (χ2n) is 5.47. The van der Waals surface area contributed by atoms with E-state index in [0.29, 0.717) is 16.8 Å². The third kappa shape index (κ3) is 1.68. The normalized spacial score (nSPS) is 27.3. The van der Waals surface area contributed by atoms with Crippen molar-refractivity contribution < 1.29 is 4.79 Å². The van der Waals surface area contributed by atoms with Crippen LogP contribution in [0.5, 0.6) is 0 Å². The zero-order valence-electron chi connectivity index (χ0n) is 10.6. The van der Waals surface area contributed by atoms with Gasteiger partial charge in [-0.3, -0.25) is 9.48 Å². The van der Waals surface area contributed by atoms with Crippen LogP contribution < -0.4 is 11.1 Å². The molecule has 98 valence electrons. The molecular weight excluding hydrogens is 230 g/mol. The summed E-state index contributed by atoms with van der Waals surface area (Å²) in [7, 11) is 1.75. The van der Waals surface area contributed by atoms with E-state index in [0.717, 1.165) is 32.6 Å². The summed E-state index contributed by atoms with van der Waals surface area (Å²) in [6, 6.07) is 0. The van der Waals surface area contributed by atoms with Crippen LogP contribution in [0.4, 0.5) is 5.82 Å². The fraction of sp³-hybridized carbons (Fsp3) is 0.667. The quantitative estimate of drug-likeness (QED) is 0.724. The third-order valence-corrected chi connectivity index (χ3v) is 4.27. The molecule has 2 saturated heterocycles. The van der Waals surface area contributed by atoms with E-state index in [2.05, 4.69) is 10.4 Å². The van der Waals surface area contributed by atoms with Gasteiger partial charge in [0.05, 0.1) is 6.20 Å². The van der Waals surface area contributed by atoms with E-state index in [1.54, 1.807) is 13.2 Å². The number of nitrogens with one attached hydrogen (secondary N) is 1. The Morgan fingerprint density at radius 3 is 3.00 bits per heavy atom. The number of carbonyl (C=O) groups is 1. The van der Waals surface area contributed by atoms with E-state index in [1.807, 2.05) is 4.90 Å². The van der Waals surface area contributed by atoms with Gasteiger partial charge in [0.1, 0.15) is 11.4 Å². The maximum Gasteiger partial charge on any atom is 0.259 e. The Hall–Kier alpha value is -1.56. The van der Waals surface area contributed by atoms with E-state index in [-0.39, 0.29) is 5.91 Å². The van der Waals surface area contributed by atoms with E-state index in [1.165, 1.54) is 11.1 Å². The highest BCUT2D eigenvalue weighted by atomic mass is 16.2. The van der Waals surface area contributed by atoms with Crippen LogP contribution in [0.1, 0.15) is 23.2 Å². The Kier molecular flexibility index (Phi) is 2.55. The molecule has 3 N–H and O–H groups in total. The molecule has 3 rings (SSSR count). The molecule has 1 aromatic rings.